The molecule has 1 unspecified atom stereocenters. The molecule has 156 valence electrons. The lowest BCUT2D eigenvalue weighted by Gasteiger charge is -2.32. The van der Waals surface area contributed by atoms with Gasteiger partial charge in [-0.25, -0.2) is 8.42 Å². The number of halogens is 3. The average Bonchev–Trinajstić information content (AvgIpc) is 3.36. The lowest BCUT2D eigenvalue weighted by molar-refractivity contribution is -0.0494. The van der Waals surface area contributed by atoms with E-state index in [1.165, 1.54) is 12.8 Å². The predicted molar refractivity (Wildman–Crippen MR) is 96.8 cm³/mol. The van der Waals surface area contributed by atoms with Gasteiger partial charge in [-0.05, 0) is 44.6 Å². The van der Waals surface area contributed by atoms with Gasteiger partial charge in [-0.3, -0.25) is 4.99 Å². The van der Waals surface area contributed by atoms with Gasteiger partial charge in [0.25, 0.3) is 0 Å². The quantitative estimate of drug-likeness (QED) is 0.520. The highest BCUT2D eigenvalue weighted by molar-refractivity contribution is 7.90. The molecular formula is C16H28F3N5O2S. The Hall–Kier alpha value is -1.07. The summed E-state index contributed by atoms with van der Waals surface area (Å²) >= 11 is 0. The minimum absolute atomic E-state index is 0.0950. The van der Waals surface area contributed by atoms with Crippen LogP contribution < -0.4 is 10.6 Å². The van der Waals surface area contributed by atoms with Crippen LogP contribution >= 0.6 is 0 Å². The van der Waals surface area contributed by atoms with Crippen LogP contribution in [0.3, 0.4) is 0 Å². The molecule has 0 amide bonds. The number of guanidine groups is 1. The molecule has 2 saturated heterocycles. The van der Waals surface area contributed by atoms with Crippen molar-refractivity contribution in [3.63, 3.8) is 0 Å². The molecule has 0 aromatic carbocycles. The third-order valence-electron chi connectivity index (χ3n) is 5.59. The van der Waals surface area contributed by atoms with Gasteiger partial charge in [-0.2, -0.15) is 17.5 Å². The first-order valence-corrected chi connectivity index (χ1v) is 10.9. The molecule has 11 heteroatoms. The maximum absolute atomic E-state index is 12.6. The monoisotopic (exact) mass is 411 g/mol. The summed E-state index contributed by atoms with van der Waals surface area (Å²) < 4.78 is 61.3. The first kappa shape index (κ1) is 20.7. The molecule has 1 atom stereocenters. The predicted octanol–water partition coefficient (Wildman–Crippen LogP) is 0.950. The molecule has 2 N–H and O–H groups in total. The highest BCUT2D eigenvalue weighted by atomic mass is 32.2. The fourth-order valence-corrected chi connectivity index (χ4v) is 4.80. The second kappa shape index (κ2) is 8.12. The van der Waals surface area contributed by atoms with Crippen molar-refractivity contribution in [2.75, 3.05) is 39.8 Å². The molecule has 3 aliphatic rings. The van der Waals surface area contributed by atoms with E-state index in [2.05, 4.69) is 20.5 Å². The number of piperidine rings is 1. The maximum Gasteiger partial charge on any atom is 0.511 e. The molecule has 1 saturated carbocycles. The van der Waals surface area contributed by atoms with Gasteiger partial charge < -0.3 is 15.5 Å². The minimum Gasteiger partial charge on any atom is -0.356 e. The largest absolute Gasteiger partial charge is 0.511 e. The topological polar surface area (TPSA) is 77.0 Å². The van der Waals surface area contributed by atoms with Crippen molar-refractivity contribution in [1.29, 1.82) is 0 Å². The van der Waals surface area contributed by atoms with E-state index in [1.807, 2.05) is 0 Å². The highest BCUT2D eigenvalue weighted by Crippen LogP contribution is 2.31. The van der Waals surface area contributed by atoms with Crippen LogP contribution in [-0.4, -0.2) is 80.9 Å². The third kappa shape index (κ3) is 5.05. The minimum atomic E-state index is -5.24. The van der Waals surface area contributed by atoms with E-state index >= 15 is 0 Å². The van der Waals surface area contributed by atoms with Crippen LogP contribution in [-0.2, 0) is 10.0 Å². The highest BCUT2D eigenvalue weighted by Gasteiger charge is 2.50. The number of hydrogen-bond donors (Lipinski definition) is 2. The van der Waals surface area contributed by atoms with Gasteiger partial charge in [-0.1, -0.05) is 0 Å². The van der Waals surface area contributed by atoms with Crippen LogP contribution in [0, 0.1) is 5.92 Å². The van der Waals surface area contributed by atoms with Gasteiger partial charge >= 0.3 is 15.5 Å². The SMILES string of the molecule is CN=C(NCC1CCN(C2CC2)C1)NC1CCN(S(=O)(=O)C(F)(F)F)CC1. The molecular weight excluding hydrogens is 383 g/mol. The summed E-state index contributed by atoms with van der Waals surface area (Å²) in [4.78, 5) is 6.73. The molecule has 0 bridgehead atoms. The summed E-state index contributed by atoms with van der Waals surface area (Å²) in [6.45, 7) is 2.77. The molecule has 2 heterocycles. The maximum atomic E-state index is 12.6. The average molecular weight is 411 g/mol. The number of sulfonamides is 1. The number of nitrogens with zero attached hydrogens (tertiary/aromatic N) is 3. The Bertz CT molecular complexity index is 643. The molecule has 0 spiro atoms. The molecule has 3 rings (SSSR count). The Labute approximate surface area is 158 Å². The van der Waals surface area contributed by atoms with Crippen molar-refractivity contribution < 1.29 is 21.6 Å². The van der Waals surface area contributed by atoms with Gasteiger partial charge in [-0.15, -0.1) is 0 Å². The van der Waals surface area contributed by atoms with E-state index in [0.29, 0.717) is 29.0 Å². The van der Waals surface area contributed by atoms with Crippen LogP contribution in [0.2, 0.25) is 0 Å². The molecule has 7 nitrogen and oxygen atoms in total. The number of likely N-dealkylation sites (tertiary alicyclic amines) is 1. The number of rotatable bonds is 5. The standard InChI is InChI=1S/C16H28F3N5O2S/c1-20-15(21-10-12-4-7-23(11-12)14-2-3-14)22-13-5-8-24(9-6-13)27(25,26)16(17,18)19/h12-14H,2-11H2,1H3,(H2,20,21,22). The lowest BCUT2D eigenvalue weighted by atomic mass is 10.1. The molecule has 3 fully saturated rings. The van der Waals surface area contributed by atoms with Crippen molar-refractivity contribution in [2.24, 2.45) is 10.9 Å². The molecule has 0 aromatic heterocycles. The van der Waals surface area contributed by atoms with Crippen molar-refractivity contribution in [3.8, 4) is 0 Å². The summed E-state index contributed by atoms with van der Waals surface area (Å²) in [6, 6.07) is 0.688. The van der Waals surface area contributed by atoms with E-state index in [1.54, 1.807) is 7.05 Å². The first-order valence-electron chi connectivity index (χ1n) is 9.48. The number of nitrogens with one attached hydrogen (secondary N) is 2. The Morgan fingerprint density at radius 1 is 1.11 bits per heavy atom. The van der Waals surface area contributed by atoms with Crippen LogP contribution in [0.5, 0.6) is 0 Å². The van der Waals surface area contributed by atoms with Gasteiger partial charge in [0, 0.05) is 45.3 Å². The Morgan fingerprint density at radius 2 is 1.78 bits per heavy atom. The van der Waals surface area contributed by atoms with Gasteiger partial charge in [0.1, 0.15) is 0 Å². The summed E-state index contributed by atoms with van der Waals surface area (Å²) in [7, 11) is -3.57. The van der Waals surface area contributed by atoms with E-state index in [4.69, 9.17) is 0 Å². The Kier molecular flexibility index (Phi) is 6.21. The summed E-state index contributed by atoms with van der Waals surface area (Å²) in [6.07, 6.45) is 4.41. The van der Waals surface area contributed by atoms with Crippen molar-refractivity contribution >= 4 is 16.0 Å². The molecule has 1 aliphatic carbocycles. The second-order valence-corrected chi connectivity index (χ2v) is 9.53. The molecule has 0 radical (unpaired) electrons. The number of alkyl halides is 3. The number of aliphatic imine (C=N–C) groups is 1. The Balaban J connectivity index is 1.41. The smallest absolute Gasteiger partial charge is 0.356 e. The zero-order chi connectivity index (χ0) is 19.7. The van der Waals surface area contributed by atoms with Gasteiger partial charge in [0.2, 0.25) is 0 Å². The second-order valence-electron chi connectivity index (χ2n) is 7.60. The van der Waals surface area contributed by atoms with Crippen LogP contribution in [0.15, 0.2) is 4.99 Å². The normalized spacial score (nSPS) is 27.1. The van der Waals surface area contributed by atoms with Crippen molar-refractivity contribution in [2.45, 2.75) is 49.7 Å². The van der Waals surface area contributed by atoms with Crippen LogP contribution in [0.4, 0.5) is 13.2 Å². The summed E-state index contributed by atoms with van der Waals surface area (Å²) in [5.41, 5.74) is -5.24. The zero-order valence-corrected chi connectivity index (χ0v) is 16.3. The van der Waals surface area contributed by atoms with Crippen LogP contribution in [0.1, 0.15) is 32.1 Å². The molecule has 2 aliphatic heterocycles. The van der Waals surface area contributed by atoms with E-state index < -0.39 is 15.5 Å². The van der Waals surface area contributed by atoms with E-state index in [-0.39, 0.29) is 19.1 Å². The van der Waals surface area contributed by atoms with Gasteiger partial charge in [0.05, 0.1) is 0 Å². The first-order chi connectivity index (χ1) is 12.7. The lowest BCUT2D eigenvalue weighted by Crippen LogP contribution is -2.52. The fourth-order valence-electron chi connectivity index (χ4n) is 3.82. The summed E-state index contributed by atoms with van der Waals surface area (Å²) in [5.74, 6) is 1.19. The fraction of sp³-hybridized carbons (Fsp3) is 0.938. The Morgan fingerprint density at radius 3 is 2.33 bits per heavy atom. The van der Waals surface area contributed by atoms with E-state index in [0.717, 1.165) is 32.1 Å². The third-order valence-corrected chi connectivity index (χ3v) is 7.22. The molecule has 0 aromatic rings. The van der Waals surface area contributed by atoms with Crippen molar-refractivity contribution in [3.05, 3.63) is 0 Å². The van der Waals surface area contributed by atoms with E-state index in [9.17, 15) is 21.6 Å². The molecule has 27 heavy (non-hydrogen) atoms. The number of hydrogen-bond acceptors (Lipinski definition) is 4. The zero-order valence-electron chi connectivity index (χ0n) is 15.5. The summed E-state index contributed by atoms with van der Waals surface area (Å²) in [5, 5.41) is 6.51. The van der Waals surface area contributed by atoms with Crippen LogP contribution in [0.25, 0.3) is 0 Å². The van der Waals surface area contributed by atoms with Gasteiger partial charge in [0.15, 0.2) is 5.96 Å². The van der Waals surface area contributed by atoms with Crippen molar-refractivity contribution in [1.82, 2.24) is 19.8 Å².